The Morgan fingerprint density at radius 3 is 2.17 bits per heavy atom. The maximum Gasteiger partial charge on any atom is 0.343 e. The van der Waals surface area contributed by atoms with Gasteiger partial charge in [-0.15, -0.1) is 0 Å². The molecule has 0 aromatic heterocycles. The molecule has 7 nitrogen and oxygen atoms in total. The summed E-state index contributed by atoms with van der Waals surface area (Å²) in [5, 5.41) is 0. The van der Waals surface area contributed by atoms with Gasteiger partial charge in [-0.3, -0.25) is 9.69 Å². The molecular formula is C21H25N3O4S. The number of anilines is 2. The highest BCUT2D eigenvalue weighted by molar-refractivity contribution is 7.94. The predicted molar refractivity (Wildman–Crippen MR) is 113 cm³/mol. The minimum absolute atomic E-state index is 0.00603. The largest absolute Gasteiger partial charge is 0.343 e. The van der Waals surface area contributed by atoms with Crippen LogP contribution in [0, 0.1) is 0 Å². The summed E-state index contributed by atoms with van der Waals surface area (Å²) in [5.41, 5.74) is 1.51. The van der Waals surface area contributed by atoms with Crippen molar-refractivity contribution in [1.82, 2.24) is 4.90 Å². The zero-order chi connectivity index (χ0) is 21.2. The molecule has 0 fully saturated rings. The van der Waals surface area contributed by atoms with Gasteiger partial charge in [-0.25, -0.2) is 13.2 Å². The molecule has 0 N–H and O–H groups in total. The smallest absolute Gasteiger partial charge is 0.342 e. The fraction of sp³-hybridized carbons (Fsp3) is 0.333. The number of carbonyl (C=O) groups is 2. The van der Waals surface area contributed by atoms with E-state index in [1.54, 1.807) is 47.4 Å². The number of aryl methyl sites for hydroxylation is 1. The van der Waals surface area contributed by atoms with Gasteiger partial charge in [-0.05, 0) is 50.1 Å². The van der Waals surface area contributed by atoms with Gasteiger partial charge in [0.05, 0.1) is 11.4 Å². The maximum atomic E-state index is 13.3. The summed E-state index contributed by atoms with van der Waals surface area (Å²) in [4.78, 5) is 28.8. The van der Waals surface area contributed by atoms with E-state index < -0.39 is 16.1 Å². The van der Waals surface area contributed by atoms with Gasteiger partial charge in [0.15, 0.2) is 0 Å². The molecule has 29 heavy (non-hydrogen) atoms. The van der Waals surface area contributed by atoms with Crippen molar-refractivity contribution >= 4 is 33.3 Å². The second-order valence-corrected chi connectivity index (χ2v) is 8.45. The number of rotatable bonds is 6. The number of hydrogen-bond acceptors (Lipinski definition) is 4. The van der Waals surface area contributed by atoms with Crippen LogP contribution in [0.5, 0.6) is 0 Å². The SMILES string of the molecule is CCc1ccc(N2C(=O)N(CC(=O)N(CC)CC)c3ccccc3S2(=O)=O)cc1. The average Bonchev–Trinajstić information content (AvgIpc) is 2.72. The molecule has 3 amide bonds. The summed E-state index contributed by atoms with van der Waals surface area (Å²) >= 11 is 0. The van der Waals surface area contributed by atoms with Crippen molar-refractivity contribution in [2.24, 2.45) is 0 Å². The van der Waals surface area contributed by atoms with Crippen molar-refractivity contribution in [3.05, 3.63) is 54.1 Å². The number of benzene rings is 2. The molecule has 0 bridgehead atoms. The molecule has 1 heterocycles. The molecular weight excluding hydrogens is 390 g/mol. The second-order valence-electron chi connectivity index (χ2n) is 6.69. The summed E-state index contributed by atoms with van der Waals surface area (Å²) in [6.07, 6.45) is 0.800. The molecule has 2 aromatic carbocycles. The van der Waals surface area contributed by atoms with Gasteiger partial charge in [0.25, 0.3) is 10.0 Å². The maximum absolute atomic E-state index is 13.3. The first kappa shape index (κ1) is 20.9. The Labute approximate surface area is 171 Å². The van der Waals surface area contributed by atoms with E-state index in [4.69, 9.17) is 0 Å². The monoisotopic (exact) mass is 415 g/mol. The molecule has 8 heteroatoms. The molecule has 0 saturated carbocycles. The standard InChI is InChI=1S/C21H25N3O4S/c1-4-16-11-13-17(14-12-16)24-21(26)23(15-20(25)22(5-2)6-3)18-9-7-8-10-19(18)29(24,27)28/h7-14H,4-6,15H2,1-3H3. The van der Waals surface area contributed by atoms with Crippen LogP contribution in [-0.4, -0.2) is 44.9 Å². The minimum atomic E-state index is -4.09. The molecule has 0 atom stereocenters. The lowest BCUT2D eigenvalue weighted by molar-refractivity contribution is -0.129. The van der Waals surface area contributed by atoms with Crippen LogP contribution < -0.4 is 9.21 Å². The Kier molecular flexibility index (Phi) is 5.93. The van der Waals surface area contributed by atoms with E-state index in [1.165, 1.54) is 11.0 Å². The molecule has 0 saturated heterocycles. The fourth-order valence-corrected chi connectivity index (χ4v) is 4.99. The summed E-state index contributed by atoms with van der Waals surface area (Å²) in [6.45, 7) is 6.52. The van der Waals surface area contributed by atoms with E-state index in [0.29, 0.717) is 13.1 Å². The number of nitrogens with zero attached hydrogens (tertiary/aromatic N) is 3. The number of amides is 3. The fourth-order valence-electron chi connectivity index (χ4n) is 3.39. The molecule has 0 radical (unpaired) electrons. The average molecular weight is 416 g/mol. The third kappa shape index (κ3) is 3.72. The van der Waals surface area contributed by atoms with Crippen LogP contribution in [-0.2, 0) is 21.2 Å². The Morgan fingerprint density at radius 1 is 0.966 bits per heavy atom. The van der Waals surface area contributed by atoms with Gasteiger partial charge in [-0.1, -0.05) is 31.2 Å². The number of likely N-dealkylation sites (N-methyl/N-ethyl adjacent to an activating group) is 1. The first-order valence-electron chi connectivity index (χ1n) is 9.67. The highest BCUT2D eigenvalue weighted by Gasteiger charge is 2.43. The zero-order valence-corrected chi connectivity index (χ0v) is 17.6. The van der Waals surface area contributed by atoms with Crippen molar-refractivity contribution in [2.75, 3.05) is 28.8 Å². The van der Waals surface area contributed by atoms with Crippen LogP contribution in [0.25, 0.3) is 0 Å². The van der Waals surface area contributed by atoms with Crippen molar-refractivity contribution in [1.29, 1.82) is 0 Å². The van der Waals surface area contributed by atoms with E-state index in [1.807, 2.05) is 20.8 Å². The lowest BCUT2D eigenvalue weighted by atomic mass is 10.1. The minimum Gasteiger partial charge on any atom is -0.342 e. The molecule has 2 aromatic rings. The van der Waals surface area contributed by atoms with E-state index >= 15 is 0 Å². The van der Waals surface area contributed by atoms with E-state index in [-0.39, 0.29) is 28.7 Å². The van der Waals surface area contributed by atoms with E-state index in [2.05, 4.69) is 0 Å². The molecule has 154 valence electrons. The summed E-state index contributed by atoms with van der Waals surface area (Å²) in [6, 6.07) is 12.3. The van der Waals surface area contributed by atoms with Crippen LogP contribution in [0.15, 0.2) is 53.4 Å². The third-order valence-electron chi connectivity index (χ3n) is 5.07. The summed E-state index contributed by atoms with van der Waals surface area (Å²) < 4.78 is 27.2. The van der Waals surface area contributed by atoms with Gasteiger partial charge in [0.1, 0.15) is 11.4 Å². The Bertz CT molecular complexity index is 1010. The summed E-state index contributed by atoms with van der Waals surface area (Å²) in [5.74, 6) is -0.237. The van der Waals surface area contributed by atoms with Crippen LogP contribution in [0.2, 0.25) is 0 Å². The number of sulfonamides is 1. The first-order valence-corrected chi connectivity index (χ1v) is 11.1. The van der Waals surface area contributed by atoms with Crippen molar-refractivity contribution in [3.8, 4) is 0 Å². The normalized spacial score (nSPS) is 15.2. The Hall–Kier alpha value is -2.87. The Morgan fingerprint density at radius 2 is 1.59 bits per heavy atom. The van der Waals surface area contributed by atoms with Gasteiger partial charge in [-0.2, -0.15) is 4.31 Å². The number of fused-ring (bicyclic) bond motifs is 1. The molecule has 3 rings (SSSR count). The molecule has 0 unspecified atom stereocenters. The number of urea groups is 1. The van der Waals surface area contributed by atoms with Crippen LogP contribution in [0.4, 0.5) is 16.2 Å². The van der Waals surface area contributed by atoms with Gasteiger partial charge in [0, 0.05) is 13.1 Å². The number of para-hydroxylation sites is 1. The lowest BCUT2D eigenvalue weighted by Crippen LogP contribution is -2.54. The topological polar surface area (TPSA) is 78.0 Å². The quantitative estimate of drug-likeness (QED) is 0.726. The Balaban J connectivity index is 2.09. The van der Waals surface area contributed by atoms with Crippen molar-refractivity contribution in [3.63, 3.8) is 0 Å². The van der Waals surface area contributed by atoms with Crippen LogP contribution >= 0.6 is 0 Å². The van der Waals surface area contributed by atoms with Crippen molar-refractivity contribution < 1.29 is 18.0 Å². The third-order valence-corrected chi connectivity index (χ3v) is 6.82. The molecule has 0 spiro atoms. The molecule has 0 aliphatic carbocycles. The highest BCUT2D eigenvalue weighted by atomic mass is 32.2. The van der Waals surface area contributed by atoms with Gasteiger partial charge >= 0.3 is 6.03 Å². The van der Waals surface area contributed by atoms with Crippen molar-refractivity contribution in [2.45, 2.75) is 32.1 Å². The predicted octanol–water partition coefficient (Wildman–Crippen LogP) is 3.25. The van der Waals surface area contributed by atoms with Gasteiger partial charge in [0.2, 0.25) is 5.91 Å². The van der Waals surface area contributed by atoms with E-state index in [9.17, 15) is 18.0 Å². The van der Waals surface area contributed by atoms with Crippen LogP contribution in [0.1, 0.15) is 26.3 Å². The molecule has 1 aliphatic heterocycles. The number of hydrogen-bond donors (Lipinski definition) is 0. The second kappa shape index (κ2) is 8.24. The number of carbonyl (C=O) groups excluding carboxylic acids is 2. The molecule has 1 aliphatic rings. The highest BCUT2D eigenvalue weighted by Crippen LogP contribution is 2.37. The van der Waals surface area contributed by atoms with Crippen LogP contribution in [0.3, 0.4) is 0 Å². The lowest BCUT2D eigenvalue weighted by Gasteiger charge is -2.36. The zero-order valence-electron chi connectivity index (χ0n) is 16.8. The summed E-state index contributed by atoms with van der Waals surface area (Å²) in [7, 11) is -4.09. The van der Waals surface area contributed by atoms with Gasteiger partial charge < -0.3 is 4.90 Å². The first-order chi connectivity index (χ1) is 13.8. The van der Waals surface area contributed by atoms with E-state index in [0.717, 1.165) is 16.3 Å².